The third-order valence-corrected chi connectivity index (χ3v) is 6.30. The summed E-state index contributed by atoms with van der Waals surface area (Å²) in [6, 6.07) is 37.5. The van der Waals surface area contributed by atoms with Crippen molar-refractivity contribution in [3.8, 4) is 0 Å². The number of hydrogen-bond donors (Lipinski definition) is 0. The summed E-state index contributed by atoms with van der Waals surface area (Å²) in [5.74, 6) is -2.51. The molecule has 2 nitrogen and oxygen atoms in total. The fourth-order valence-corrected chi connectivity index (χ4v) is 4.03. The molecule has 0 fully saturated rings. The fraction of sp³-hybridized carbons (Fsp3) is 0.167. The Morgan fingerprint density at radius 1 is 0.558 bits per heavy atom. The number of aromatic nitrogens is 2. The topological polar surface area (TPSA) is 9.86 Å². The fourth-order valence-electron chi connectivity index (χ4n) is 4.03. The van der Waals surface area contributed by atoms with Crippen LogP contribution >= 0.6 is 0 Å². The average Bonchev–Trinajstić information content (AvgIpc) is 3.82. The summed E-state index contributed by atoms with van der Waals surface area (Å²) < 4.78 is 56.0. The van der Waals surface area contributed by atoms with E-state index in [0.29, 0.717) is 24.0 Å². The van der Waals surface area contributed by atoms with Crippen LogP contribution in [-0.4, -0.2) is 9.13 Å². The Morgan fingerprint density at radius 3 is 1.14 bits per heavy atom. The van der Waals surface area contributed by atoms with E-state index in [9.17, 15) is 17.6 Å². The van der Waals surface area contributed by atoms with Crippen molar-refractivity contribution in [2.75, 3.05) is 0 Å². The Balaban J connectivity index is 0.000000223. The zero-order valence-electron chi connectivity index (χ0n) is 24.2. The van der Waals surface area contributed by atoms with E-state index in [-0.39, 0.29) is 33.8 Å². The van der Waals surface area contributed by atoms with Gasteiger partial charge in [-0.1, -0.05) is 12.8 Å². The molecule has 2 heterocycles. The van der Waals surface area contributed by atoms with Crippen LogP contribution in [0.5, 0.6) is 0 Å². The van der Waals surface area contributed by atoms with Crippen molar-refractivity contribution < 1.29 is 39.3 Å². The van der Waals surface area contributed by atoms with Crippen molar-refractivity contribution in [3.05, 3.63) is 181 Å². The van der Waals surface area contributed by atoms with Crippen molar-refractivity contribution in [2.45, 2.75) is 38.8 Å². The number of nitrogens with zero attached hydrogens (tertiary/aromatic N) is 2. The molecule has 0 amide bonds. The molecule has 0 bridgehead atoms. The molecule has 6 rings (SSSR count). The minimum atomic E-state index is -0.658. The minimum Gasteiger partial charge on any atom is -0.352 e. The van der Waals surface area contributed by atoms with Gasteiger partial charge >= 0.3 is 21.7 Å². The predicted molar refractivity (Wildman–Crippen MR) is 160 cm³/mol. The van der Waals surface area contributed by atoms with E-state index >= 15 is 0 Å². The van der Waals surface area contributed by atoms with E-state index in [4.69, 9.17) is 0 Å². The molecular weight excluding hydrogens is 584 g/mol. The first-order chi connectivity index (χ1) is 20.3. The van der Waals surface area contributed by atoms with Crippen LogP contribution in [0, 0.1) is 35.4 Å². The van der Waals surface area contributed by atoms with Crippen molar-refractivity contribution in [1.29, 1.82) is 0 Å². The van der Waals surface area contributed by atoms with Gasteiger partial charge in [-0.3, -0.25) is 0 Å². The van der Waals surface area contributed by atoms with E-state index in [2.05, 4.69) is 0 Å². The van der Waals surface area contributed by atoms with Crippen LogP contribution in [-0.2, 0) is 34.6 Å². The van der Waals surface area contributed by atoms with Crippen LogP contribution in [0.15, 0.2) is 134 Å². The third kappa shape index (κ3) is 12.9. The van der Waals surface area contributed by atoms with E-state index < -0.39 is 23.3 Å². The first-order valence-electron chi connectivity index (χ1n) is 13.6. The summed E-state index contributed by atoms with van der Waals surface area (Å²) in [6.07, 6.45) is 8.76. The van der Waals surface area contributed by atoms with Gasteiger partial charge in [0.1, 0.15) is 0 Å². The molecule has 0 radical (unpaired) electrons. The smallest absolute Gasteiger partial charge is 0.352 e. The number of halogens is 4. The second-order valence-corrected chi connectivity index (χ2v) is 9.58. The van der Waals surface area contributed by atoms with E-state index in [1.807, 2.05) is 145 Å². The summed E-state index contributed by atoms with van der Waals surface area (Å²) >= 11 is 0. The molecule has 7 heteroatoms. The molecule has 220 valence electrons. The molecule has 0 aliphatic heterocycles. The Labute approximate surface area is 266 Å². The second-order valence-electron chi connectivity index (χ2n) is 9.58. The number of hydrogen-bond acceptors (Lipinski definition) is 0. The second kappa shape index (κ2) is 19.3. The molecule has 0 saturated heterocycles. The molecule has 6 aromatic rings. The average molecular weight is 619 g/mol. The molecule has 0 aliphatic rings. The molecule has 0 spiro atoms. The Bertz CT molecular complexity index is 1340. The van der Waals surface area contributed by atoms with Gasteiger partial charge in [0.2, 0.25) is 0 Å². The van der Waals surface area contributed by atoms with Gasteiger partial charge in [0.25, 0.3) is 0 Å². The van der Waals surface area contributed by atoms with Crippen LogP contribution in [0.4, 0.5) is 17.6 Å². The van der Waals surface area contributed by atoms with Crippen LogP contribution in [0.2, 0.25) is 0 Å². The molecule has 2 atom stereocenters. The Kier molecular flexibility index (Phi) is 15.9. The summed E-state index contributed by atoms with van der Waals surface area (Å²) in [7, 11) is 0. The van der Waals surface area contributed by atoms with E-state index in [1.54, 1.807) is 0 Å². The van der Waals surface area contributed by atoms with Crippen LogP contribution in [0.25, 0.3) is 0 Å². The van der Waals surface area contributed by atoms with Gasteiger partial charge in [-0.25, -0.2) is 41.8 Å². The largest absolute Gasteiger partial charge is 4.00 e. The van der Waals surface area contributed by atoms with E-state index in [1.165, 1.54) is 24.3 Å². The molecule has 0 aliphatic carbocycles. The van der Waals surface area contributed by atoms with Crippen molar-refractivity contribution in [3.63, 3.8) is 0 Å². The summed E-state index contributed by atoms with van der Waals surface area (Å²) in [5.41, 5.74) is 0.977. The van der Waals surface area contributed by atoms with Gasteiger partial charge in [-0.15, -0.1) is 35.4 Å². The van der Waals surface area contributed by atoms with Gasteiger partial charge < -0.3 is 9.13 Å². The first-order valence-corrected chi connectivity index (χ1v) is 13.6. The first kappa shape index (κ1) is 35.3. The Morgan fingerprint density at radius 2 is 0.884 bits per heavy atom. The van der Waals surface area contributed by atoms with Gasteiger partial charge in [-0.05, 0) is 38.1 Å². The molecule has 43 heavy (non-hydrogen) atoms. The normalized spacial score (nSPS) is 11.3. The van der Waals surface area contributed by atoms with Crippen molar-refractivity contribution in [1.82, 2.24) is 9.13 Å². The number of rotatable bonds is 6. The maximum absolute atomic E-state index is 13.3. The molecule has 0 saturated carbocycles. The van der Waals surface area contributed by atoms with Crippen molar-refractivity contribution >= 4 is 0 Å². The van der Waals surface area contributed by atoms with Gasteiger partial charge in [0, 0.05) is 60.1 Å². The van der Waals surface area contributed by atoms with Gasteiger partial charge in [0.15, 0.2) is 0 Å². The van der Waals surface area contributed by atoms with Gasteiger partial charge in [0.05, 0.1) is 0 Å². The summed E-state index contributed by atoms with van der Waals surface area (Å²) in [6.45, 7) is 3.98. The van der Waals surface area contributed by atoms with E-state index in [0.717, 1.165) is 0 Å². The molecule has 4 aromatic carbocycles. The Hall–Kier alpha value is -3.87. The molecule has 0 N–H and O–H groups in total. The summed E-state index contributed by atoms with van der Waals surface area (Å²) in [4.78, 5) is 0. The zero-order valence-corrected chi connectivity index (χ0v) is 25.7. The van der Waals surface area contributed by atoms with Crippen LogP contribution in [0.1, 0.15) is 37.1 Å². The quantitative estimate of drug-likeness (QED) is 0.100. The molecule has 2 aromatic heterocycles. The van der Waals surface area contributed by atoms with Crippen molar-refractivity contribution in [2.24, 2.45) is 0 Å². The maximum Gasteiger partial charge on any atom is 4.00 e. The van der Waals surface area contributed by atoms with Crippen LogP contribution < -0.4 is 0 Å². The summed E-state index contributed by atoms with van der Waals surface area (Å²) in [5, 5.41) is 0. The van der Waals surface area contributed by atoms with Gasteiger partial charge in [-0.2, -0.15) is 48.5 Å². The number of benzene rings is 2. The minimum absolute atomic E-state index is 0. The SMILES string of the molecule is CC(Cc1ccc(F)[c-]c1F)n1cccc1.CC(Cc1ccc(F)[c-]c1F)n1cccc1.[Ti+4].c1cc[cH-]c1.c1cc[cH-]c1. The zero-order chi connectivity index (χ0) is 30.2. The maximum atomic E-state index is 13.3. The monoisotopic (exact) mass is 618 g/mol. The van der Waals surface area contributed by atoms with Crippen LogP contribution in [0.3, 0.4) is 0 Å². The predicted octanol–water partition coefficient (Wildman–Crippen LogP) is 9.55. The molecule has 2 unspecified atom stereocenters. The molecular formula is C36H34F4N2Ti. The standard InChI is InChI=1S/2C13H12F2N.2C5H5.Ti/c2*1-10(16-6-2-3-7-16)8-11-4-5-12(14)9-13(11)15;2*1-2-4-5-3-1;/h2*2-7,10H,8H2,1H3;2*1-5H;/q4*-1;+4. The third-order valence-electron chi connectivity index (χ3n) is 6.30.